The van der Waals surface area contributed by atoms with E-state index in [1.54, 1.807) is 12.1 Å². The molecule has 0 saturated carbocycles. The van der Waals surface area contributed by atoms with E-state index < -0.39 is 0 Å². The zero-order valence-electron chi connectivity index (χ0n) is 11.7. The molecule has 0 fully saturated rings. The van der Waals surface area contributed by atoms with Crippen molar-refractivity contribution in [2.24, 2.45) is 17.6 Å². The molecule has 1 amide bonds. The SMILES string of the molecule is Cc1nc(Cl)ccc1NC(=O)C[C@@H](CN)CC(C)C. The highest BCUT2D eigenvalue weighted by Gasteiger charge is 2.15. The Balaban J connectivity index is 2.59. The van der Waals surface area contributed by atoms with Crippen molar-refractivity contribution in [1.82, 2.24) is 4.98 Å². The molecular weight excluding hydrogens is 262 g/mol. The molecule has 106 valence electrons. The summed E-state index contributed by atoms with van der Waals surface area (Å²) in [6, 6.07) is 3.43. The average molecular weight is 284 g/mol. The van der Waals surface area contributed by atoms with Crippen LogP contribution in [0.2, 0.25) is 5.15 Å². The number of amides is 1. The van der Waals surface area contributed by atoms with Crippen molar-refractivity contribution in [2.45, 2.75) is 33.6 Å². The average Bonchev–Trinajstić information content (AvgIpc) is 2.31. The van der Waals surface area contributed by atoms with Crippen molar-refractivity contribution in [1.29, 1.82) is 0 Å². The fourth-order valence-corrected chi connectivity index (χ4v) is 2.25. The Morgan fingerprint density at radius 3 is 2.68 bits per heavy atom. The van der Waals surface area contributed by atoms with Crippen LogP contribution in [0.5, 0.6) is 0 Å². The van der Waals surface area contributed by atoms with Gasteiger partial charge in [0.1, 0.15) is 5.15 Å². The molecule has 0 saturated heterocycles. The summed E-state index contributed by atoms with van der Waals surface area (Å²) in [5, 5.41) is 3.29. The van der Waals surface area contributed by atoms with E-state index >= 15 is 0 Å². The second-order valence-electron chi connectivity index (χ2n) is 5.25. The second kappa shape index (κ2) is 7.46. The van der Waals surface area contributed by atoms with Crippen LogP contribution in [-0.4, -0.2) is 17.4 Å². The van der Waals surface area contributed by atoms with Crippen LogP contribution in [-0.2, 0) is 4.79 Å². The van der Waals surface area contributed by atoms with Crippen molar-refractivity contribution >= 4 is 23.2 Å². The molecule has 1 rings (SSSR count). The number of rotatable bonds is 6. The van der Waals surface area contributed by atoms with Crippen molar-refractivity contribution < 1.29 is 4.79 Å². The first-order valence-electron chi connectivity index (χ1n) is 6.55. The van der Waals surface area contributed by atoms with Crippen LogP contribution in [0.25, 0.3) is 0 Å². The normalized spacial score (nSPS) is 12.5. The highest BCUT2D eigenvalue weighted by atomic mass is 35.5. The first-order valence-corrected chi connectivity index (χ1v) is 6.93. The summed E-state index contributed by atoms with van der Waals surface area (Å²) in [6.45, 7) is 6.61. The molecule has 0 aliphatic heterocycles. The summed E-state index contributed by atoms with van der Waals surface area (Å²) >= 11 is 5.78. The summed E-state index contributed by atoms with van der Waals surface area (Å²) in [6.07, 6.45) is 1.40. The summed E-state index contributed by atoms with van der Waals surface area (Å²) in [5.41, 5.74) is 7.12. The van der Waals surface area contributed by atoms with Gasteiger partial charge in [-0.05, 0) is 43.9 Å². The Kier molecular flexibility index (Phi) is 6.25. The predicted octanol–water partition coefficient (Wildman–Crippen LogP) is 2.99. The van der Waals surface area contributed by atoms with Crippen LogP contribution in [0.3, 0.4) is 0 Å². The van der Waals surface area contributed by atoms with E-state index in [0.717, 1.165) is 6.42 Å². The van der Waals surface area contributed by atoms with Gasteiger partial charge in [-0.25, -0.2) is 4.98 Å². The van der Waals surface area contributed by atoms with E-state index in [1.807, 2.05) is 6.92 Å². The van der Waals surface area contributed by atoms with E-state index in [1.165, 1.54) is 0 Å². The van der Waals surface area contributed by atoms with E-state index in [-0.39, 0.29) is 11.8 Å². The number of carbonyl (C=O) groups is 1. The third kappa shape index (κ3) is 5.57. The summed E-state index contributed by atoms with van der Waals surface area (Å²) < 4.78 is 0. The first kappa shape index (κ1) is 15.9. The molecule has 5 heteroatoms. The standard InChI is InChI=1S/C14H22ClN3O/c1-9(2)6-11(8-16)7-14(19)18-12-4-5-13(15)17-10(12)3/h4-5,9,11H,6-8,16H2,1-3H3,(H,18,19)/t11-/m0/s1. The molecule has 1 atom stereocenters. The minimum atomic E-state index is -0.0247. The number of hydrogen-bond acceptors (Lipinski definition) is 3. The summed E-state index contributed by atoms with van der Waals surface area (Å²) in [7, 11) is 0. The number of nitrogens with two attached hydrogens (primary N) is 1. The van der Waals surface area contributed by atoms with E-state index in [0.29, 0.717) is 35.4 Å². The fourth-order valence-electron chi connectivity index (χ4n) is 2.06. The van der Waals surface area contributed by atoms with Crippen molar-refractivity contribution in [3.63, 3.8) is 0 Å². The van der Waals surface area contributed by atoms with Crippen LogP contribution >= 0.6 is 11.6 Å². The number of hydrogen-bond donors (Lipinski definition) is 2. The van der Waals surface area contributed by atoms with Gasteiger partial charge in [-0.3, -0.25) is 4.79 Å². The Labute approximate surface area is 119 Å². The van der Waals surface area contributed by atoms with Crippen LogP contribution in [0.15, 0.2) is 12.1 Å². The van der Waals surface area contributed by atoms with E-state index in [9.17, 15) is 4.79 Å². The Bertz CT molecular complexity index is 435. The Morgan fingerprint density at radius 1 is 1.47 bits per heavy atom. The predicted molar refractivity (Wildman–Crippen MR) is 79.2 cm³/mol. The summed E-state index contributed by atoms with van der Waals surface area (Å²) in [5.74, 6) is 0.740. The lowest BCUT2D eigenvalue weighted by Gasteiger charge is -2.17. The van der Waals surface area contributed by atoms with Gasteiger partial charge in [0, 0.05) is 6.42 Å². The lowest BCUT2D eigenvalue weighted by Crippen LogP contribution is -2.23. The number of pyridine rings is 1. The smallest absolute Gasteiger partial charge is 0.224 e. The third-order valence-electron chi connectivity index (χ3n) is 2.94. The van der Waals surface area contributed by atoms with Crippen LogP contribution in [0.4, 0.5) is 5.69 Å². The third-order valence-corrected chi connectivity index (χ3v) is 3.15. The molecule has 3 N–H and O–H groups in total. The number of carbonyl (C=O) groups excluding carboxylic acids is 1. The highest BCUT2D eigenvalue weighted by Crippen LogP contribution is 2.18. The van der Waals surface area contributed by atoms with Gasteiger partial charge in [0.25, 0.3) is 0 Å². The molecular formula is C14H22ClN3O. The lowest BCUT2D eigenvalue weighted by molar-refractivity contribution is -0.117. The molecule has 0 aliphatic carbocycles. The molecule has 1 aromatic heterocycles. The lowest BCUT2D eigenvalue weighted by atomic mass is 9.94. The molecule has 0 radical (unpaired) electrons. The number of nitrogens with one attached hydrogen (secondary N) is 1. The van der Waals surface area contributed by atoms with Gasteiger partial charge < -0.3 is 11.1 Å². The zero-order valence-corrected chi connectivity index (χ0v) is 12.5. The number of anilines is 1. The van der Waals surface area contributed by atoms with Gasteiger partial charge in [-0.15, -0.1) is 0 Å². The second-order valence-corrected chi connectivity index (χ2v) is 5.64. The van der Waals surface area contributed by atoms with Gasteiger partial charge in [0.2, 0.25) is 5.91 Å². The Morgan fingerprint density at radius 2 is 2.16 bits per heavy atom. The number of nitrogens with zero attached hydrogens (tertiary/aromatic N) is 1. The molecule has 0 unspecified atom stereocenters. The summed E-state index contributed by atoms with van der Waals surface area (Å²) in [4.78, 5) is 16.1. The maximum atomic E-state index is 12.0. The molecule has 0 bridgehead atoms. The molecule has 0 spiro atoms. The van der Waals surface area contributed by atoms with Crippen LogP contribution in [0, 0.1) is 18.8 Å². The zero-order chi connectivity index (χ0) is 14.4. The van der Waals surface area contributed by atoms with E-state index in [4.69, 9.17) is 17.3 Å². The molecule has 0 aliphatic rings. The minimum Gasteiger partial charge on any atom is -0.330 e. The molecule has 19 heavy (non-hydrogen) atoms. The maximum absolute atomic E-state index is 12.0. The highest BCUT2D eigenvalue weighted by molar-refractivity contribution is 6.29. The van der Waals surface area contributed by atoms with E-state index in [2.05, 4.69) is 24.1 Å². The van der Waals surface area contributed by atoms with Crippen LogP contribution < -0.4 is 11.1 Å². The van der Waals surface area contributed by atoms with Gasteiger partial charge >= 0.3 is 0 Å². The number of halogens is 1. The van der Waals surface area contributed by atoms with Gasteiger partial charge in [-0.2, -0.15) is 0 Å². The van der Waals surface area contributed by atoms with Gasteiger partial charge in [0.15, 0.2) is 0 Å². The fraction of sp³-hybridized carbons (Fsp3) is 0.571. The first-order chi connectivity index (χ1) is 8.92. The van der Waals surface area contributed by atoms with Crippen molar-refractivity contribution in [3.05, 3.63) is 23.0 Å². The van der Waals surface area contributed by atoms with Crippen molar-refractivity contribution in [2.75, 3.05) is 11.9 Å². The maximum Gasteiger partial charge on any atom is 0.224 e. The monoisotopic (exact) mass is 283 g/mol. The molecule has 0 aromatic carbocycles. The van der Waals surface area contributed by atoms with Gasteiger partial charge in [-0.1, -0.05) is 25.4 Å². The molecule has 1 heterocycles. The quantitative estimate of drug-likeness (QED) is 0.789. The number of aryl methyl sites for hydroxylation is 1. The van der Waals surface area contributed by atoms with Crippen LogP contribution in [0.1, 0.15) is 32.4 Å². The minimum absolute atomic E-state index is 0.0247. The largest absolute Gasteiger partial charge is 0.330 e. The van der Waals surface area contributed by atoms with Gasteiger partial charge in [0.05, 0.1) is 11.4 Å². The van der Waals surface area contributed by atoms with Crippen molar-refractivity contribution in [3.8, 4) is 0 Å². The topological polar surface area (TPSA) is 68.0 Å². The Hall–Kier alpha value is -1.13. The number of aromatic nitrogens is 1. The molecule has 4 nitrogen and oxygen atoms in total. The molecule has 1 aromatic rings.